The standard InChI is InChI=1S/C15H25FN2O2/c1-5-7-17-11-12-6-8-18-14(13(12)16)19-9-10-20-15(2,3)4/h6,8,17H,5,7,9-11H2,1-4H3. The summed E-state index contributed by atoms with van der Waals surface area (Å²) in [6, 6.07) is 1.66. The summed E-state index contributed by atoms with van der Waals surface area (Å²) in [6.07, 6.45) is 2.58. The molecule has 0 amide bonds. The van der Waals surface area contributed by atoms with E-state index in [0.29, 0.717) is 18.7 Å². The van der Waals surface area contributed by atoms with E-state index in [2.05, 4.69) is 17.2 Å². The van der Waals surface area contributed by atoms with Gasteiger partial charge in [0.2, 0.25) is 0 Å². The van der Waals surface area contributed by atoms with E-state index in [1.807, 2.05) is 20.8 Å². The lowest BCUT2D eigenvalue weighted by atomic mass is 10.2. The molecule has 0 aliphatic carbocycles. The molecule has 1 heterocycles. The molecule has 20 heavy (non-hydrogen) atoms. The van der Waals surface area contributed by atoms with E-state index in [0.717, 1.165) is 13.0 Å². The van der Waals surface area contributed by atoms with Gasteiger partial charge in [-0.3, -0.25) is 0 Å². The van der Waals surface area contributed by atoms with Crippen molar-refractivity contribution in [3.8, 4) is 5.88 Å². The number of pyridine rings is 1. The van der Waals surface area contributed by atoms with Crippen molar-refractivity contribution in [2.75, 3.05) is 19.8 Å². The molecule has 114 valence electrons. The molecule has 1 aromatic rings. The second-order valence-electron chi connectivity index (χ2n) is 5.58. The molecule has 0 atom stereocenters. The Morgan fingerprint density at radius 2 is 2.05 bits per heavy atom. The first kappa shape index (κ1) is 16.9. The van der Waals surface area contributed by atoms with Crippen LogP contribution in [-0.2, 0) is 11.3 Å². The minimum atomic E-state index is -0.396. The van der Waals surface area contributed by atoms with Gasteiger partial charge in [-0.25, -0.2) is 9.37 Å². The number of aromatic nitrogens is 1. The molecule has 0 aromatic carbocycles. The number of halogens is 1. The highest BCUT2D eigenvalue weighted by molar-refractivity contribution is 5.23. The van der Waals surface area contributed by atoms with Crippen LogP contribution in [0.4, 0.5) is 4.39 Å². The molecule has 0 saturated carbocycles. The Bertz CT molecular complexity index is 405. The van der Waals surface area contributed by atoms with Gasteiger partial charge < -0.3 is 14.8 Å². The van der Waals surface area contributed by atoms with Crippen LogP contribution in [0.3, 0.4) is 0 Å². The van der Waals surface area contributed by atoms with Crippen molar-refractivity contribution in [2.45, 2.75) is 46.3 Å². The summed E-state index contributed by atoms with van der Waals surface area (Å²) in [6.45, 7) is 9.99. The SMILES string of the molecule is CCCNCc1ccnc(OCCOC(C)(C)C)c1F. The van der Waals surface area contributed by atoms with Crippen LogP contribution < -0.4 is 10.1 Å². The Kier molecular flexibility index (Phi) is 6.88. The summed E-state index contributed by atoms with van der Waals surface area (Å²) in [7, 11) is 0. The molecule has 0 spiro atoms. The highest BCUT2D eigenvalue weighted by Crippen LogP contribution is 2.17. The molecule has 0 unspecified atom stereocenters. The van der Waals surface area contributed by atoms with Gasteiger partial charge in [-0.15, -0.1) is 0 Å². The average molecular weight is 284 g/mol. The smallest absolute Gasteiger partial charge is 0.250 e. The number of ether oxygens (including phenoxy) is 2. The zero-order valence-electron chi connectivity index (χ0n) is 12.8. The quantitative estimate of drug-likeness (QED) is 0.745. The van der Waals surface area contributed by atoms with E-state index in [1.165, 1.54) is 0 Å². The average Bonchev–Trinajstić information content (AvgIpc) is 2.37. The van der Waals surface area contributed by atoms with Crippen molar-refractivity contribution < 1.29 is 13.9 Å². The first-order valence-corrected chi connectivity index (χ1v) is 7.05. The number of nitrogens with one attached hydrogen (secondary N) is 1. The van der Waals surface area contributed by atoms with Gasteiger partial charge in [0, 0.05) is 18.3 Å². The van der Waals surface area contributed by atoms with E-state index >= 15 is 0 Å². The molecule has 0 aliphatic rings. The Labute approximate surface area is 120 Å². The topological polar surface area (TPSA) is 43.4 Å². The van der Waals surface area contributed by atoms with Crippen LogP contribution in [0.1, 0.15) is 39.7 Å². The molecule has 0 radical (unpaired) electrons. The van der Waals surface area contributed by atoms with E-state index in [9.17, 15) is 4.39 Å². The highest BCUT2D eigenvalue weighted by Gasteiger charge is 2.12. The normalized spacial score (nSPS) is 11.7. The van der Waals surface area contributed by atoms with Crippen LogP contribution in [0.5, 0.6) is 5.88 Å². The predicted molar refractivity (Wildman–Crippen MR) is 77.4 cm³/mol. The van der Waals surface area contributed by atoms with Gasteiger partial charge >= 0.3 is 0 Å². The second-order valence-corrected chi connectivity index (χ2v) is 5.58. The monoisotopic (exact) mass is 284 g/mol. The van der Waals surface area contributed by atoms with Crippen molar-refractivity contribution in [1.82, 2.24) is 10.3 Å². The molecule has 0 saturated heterocycles. The maximum absolute atomic E-state index is 14.1. The van der Waals surface area contributed by atoms with E-state index in [1.54, 1.807) is 12.3 Å². The predicted octanol–water partition coefficient (Wildman–Crippen LogP) is 2.91. The lowest BCUT2D eigenvalue weighted by Gasteiger charge is -2.19. The third-order valence-corrected chi connectivity index (χ3v) is 2.54. The second kappa shape index (κ2) is 8.17. The fourth-order valence-corrected chi connectivity index (χ4v) is 1.59. The molecule has 0 fully saturated rings. The number of hydrogen-bond donors (Lipinski definition) is 1. The molecule has 1 N–H and O–H groups in total. The number of rotatable bonds is 8. The van der Waals surface area contributed by atoms with Gasteiger partial charge in [0.15, 0.2) is 5.82 Å². The van der Waals surface area contributed by atoms with E-state index in [-0.39, 0.29) is 18.1 Å². The summed E-state index contributed by atoms with van der Waals surface area (Å²) in [5, 5.41) is 3.16. The molecule has 5 heteroatoms. The molecule has 4 nitrogen and oxygen atoms in total. The van der Waals surface area contributed by atoms with E-state index in [4.69, 9.17) is 9.47 Å². The van der Waals surface area contributed by atoms with Gasteiger partial charge in [0.1, 0.15) is 6.61 Å². The Morgan fingerprint density at radius 1 is 1.30 bits per heavy atom. The summed E-state index contributed by atoms with van der Waals surface area (Å²) < 4.78 is 24.9. The van der Waals surface area contributed by atoms with E-state index < -0.39 is 5.82 Å². The molecule has 0 bridgehead atoms. The fourth-order valence-electron chi connectivity index (χ4n) is 1.59. The van der Waals surface area contributed by atoms with Crippen molar-refractivity contribution in [1.29, 1.82) is 0 Å². The van der Waals surface area contributed by atoms with Crippen molar-refractivity contribution in [3.05, 3.63) is 23.6 Å². The van der Waals surface area contributed by atoms with Gasteiger partial charge in [-0.2, -0.15) is 0 Å². The first-order chi connectivity index (χ1) is 9.44. The zero-order chi connectivity index (χ0) is 15.0. The maximum Gasteiger partial charge on any atom is 0.250 e. The van der Waals surface area contributed by atoms with Crippen LogP contribution in [0.2, 0.25) is 0 Å². The summed E-state index contributed by atoms with van der Waals surface area (Å²) in [5.41, 5.74) is 0.349. The highest BCUT2D eigenvalue weighted by atomic mass is 19.1. The van der Waals surface area contributed by atoms with Crippen LogP contribution in [0, 0.1) is 5.82 Å². The molecular formula is C15H25FN2O2. The van der Waals surface area contributed by atoms with Gasteiger partial charge in [-0.05, 0) is 39.8 Å². The lowest BCUT2D eigenvalue weighted by molar-refractivity contribution is -0.0172. The minimum absolute atomic E-state index is 0.0401. The van der Waals surface area contributed by atoms with Crippen LogP contribution >= 0.6 is 0 Å². The maximum atomic E-state index is 14.1. The third kappa shape index (κ3) is 6.30. The zero-order valence-corrected chi connectivity index (χ0v) is 12.8. The Balaban J connectivity index is 2.47. The Hall–Kier alpha value is -1.20. The molecule has 1 aromatic heterocycles. The first-order valence-electron chi connectivity index (χ1n) is 7.05. The summed E-state index contributed by atoms with van der Waals surface area (Å²) in [4.78, 5) is 3.92. The van der Waals surface area contributed by atoms with Gasteiger partial charge in [0.25, 0.3) is 5.88 Å². The van der Waals surface area contributed by atoms with Crippen molar-refractivity contribution >= 4 is 0 Å². The molecule has 1 rings (SSSR count). The van der Waals surface area contributed by atoms with Gasteiger partial charge in [0.05, 0.1) is 12.2 Å². The lowest BCUT2D eigenvalue weighted by Crippen LogP contribution is -2.23. The van der Waals surface area contributed by atoms with Crippen molar-refractivity contribution in [3.63, 3.8) is 0 Å². The molecular weight excluding hydrogens is 259 g/mol. The summed E-state index contributed by atoms with van der Waals surface area (Å²) >= 11 is 0. The fraction of sp³-hybridized carbons (Fsp3) is 0.667. The number of hydrogen-bond acceptors (Lipinski definition) is 4. The van der Waals surface area contributed by atoms with Crippen molar-refractivity contribution in [2.24, 2.45) is 0 Å². The third-order valence-electron chi connectivity index (χ3n) is 2.54. The number of nitrogens with zero attached hydrogens (tertiary/aromatic N) is 1. The minimum Gasteiger partial charge on any atom is -0.473 e. The summed E-state index contributed by atoms with van der Waals surface area (Å²) in [5.74, 6) is -0.356. The van der Waals surface area contributed by atoms with Crippen LogP contribution in [0.15, 0.2) is 12.3 Å². The van der Waals surface area contributed by atoms with Crippen LogP contribution in [-0.4, -0.2) is 30.3 Å². The van der Waals surface area contributed by atoms with Gasteiger partial charge in [-0.1, -0.05) is 6.92 Å². The molecule has 0 aliphatic heterocycles. The van der Waals surface area contributed by atoms with Crippen LogP contribution in [0.25, 0.3) is 0 Å². The Morgan fingerprint density at radius 3 is 2.70 bits per heavy atom. The largest absolute Gasteiger partial charge is 0.473 e.